The fourth-order valence-electron chi connectivity index (χ4n) is 2.55. The average Bonchev–Trinajstić information content (AvgIpc) is 2.71. The predicted octanol–water partition coefficient (Wildman–Crippen LogP) is 3.19. The molecule has 3 rings (SSSR count). The van der Waals surface area contributed by atoms with E-state index in [4.69, 9.17) is 23.2 Å². The zero-order valence-corrected chi connectivity index (χ0v) is 12.2. The summed E-state index contributed by atoms with van der Waals surface area (Å²) in [6, 6.07) is 5.59. The topological polar surface area (TPSA) is 29.9 Å². The Morgan fingerprint density at radius 2 is 2.21 bits per heavy atom. The van der Waals surface area contributed by atoms with Gasteiger partial charge in [-0.2, -0.15) is 0 Å². The molecule has 0 bridgehead atoms. The summed E-state index contributed by atoms with van der Waals surface area (Å²) in [7, 11) is 0. The minimum atomic E-state index is 0.715. The van der Waals surface area contributed by atoms with Gasteiger partial charge in [0, 0.05) is 35.2 Å². The molecule has 0 radical (unpaired) electrons. The summed E-state index contributed by atoms with van der Waals surface area (Å²) in [5.74, 6) is 1.03. The molecule has 0 unspecified atom stereocenters. The molecule has 1 aliphatic rings. The Balaban J connectivity index is 1.99. The van der Waals surface area contributed by atoms with Gasteiger partial charge in [-0.1, -0.05) is 23.2 Å². The van der Waals surface area contributed by atoms with Gasteiger partial charge >= 0.3 is 0 Å². The molecule has 0 saturated carbocycles. The number of rotatable bonds is 2. The fourth-order valence-corrected chi connectivity index (χ4v) is 2.92. The van der Waals surface area contributed by atoms with Gasteiger partial charge in [-0.05, 0) is 30.7 Å². The van der Waals surface area contributed by atoms with Crippen molar-refractivity contribution in [2.24, 2.45) is 0 Å². The largest absolute Gasteiger partial charge is 0.327 e. The molecule has 3 nitrogen and oxygen atoms in total. The van der Waals surface area contributed by atoms with E-state index in [9.17, 15) is 0 Å². The minimum Gasteiger partial charge on any atom is -0.327 e. The van der Waals surface area contributed by atoms with E-state index in [0.29, 0.717) is 5.02 Å². The monoisotopic (exact) mass is 295 g/mol. The van der Waals surface area contributed by atoms with Crippen molar-refractivity contribution in [3.05, 3.63) is 51.0 Å². The van der Waals surface area contributed by atoms with Gasteiger partial charge < -0.3 is 9.88 Å². The second-order valence-electron chi connectivity index (χ2n) is 4.80. The van der Waals surface area contributed by atoms with Gasteiger partial charge in [-0.25, -0.2) is 4.98 Å². The van der Waals surface area contributed by atoms with E-state index < -0.39 is 0 Å². The zero-order chi connectivity index (χ0) is 13.4. The Kier molecular flexibility index (Phi) is 3.52. The molecule has 0 saturated heterocycles. The highest BCUT2D eigenvalue weighted by Gasteiger charge is 2.18. The molecule has 2 heterocycles. The summed E-state index contributed by atoms with van der Waals surface area (Å²) in [5.41, 5.74) is 3.50. The van der Waals surface area contributed by atoms with E-state index in [2.05, 4.69) is 14.9 Å². The van der Waals surface area contributed by atoms with E-state index in [1.807, 2.05) is 25.1 Å². The quantitative estimate of drug-likeness (QED) is 0.922. The van der Waals surface area contributed by atoms with Crippen LogP contribution in [0.15, 0.2) is 18.2 Å². The van der Waals surface area contributed by atoms with Crippen LogP contribution < -0.4 is 5.32 Å². The first kappa shape index (κ1) is 13.0. The molecule has 19 heavy (non-hydrogen) atoms. The maximum absolute atomic E-state index is 6.24. The Morgan fingerprint density at radius 1 is 1.37 bits per heavy atom. The lowest BCUT2D eigenvalue weighted by Crippen LogP contribution is -2.25. The fraction of sp³-hybridized carbons (Fsp3) is 0.357. The van der Waals surface area contributed by atoms with Crippen molar-refractivity contribution in [1.29, 1.82) is 0 Å². The van der Waals surface area contributed by atoms with Gasteiger partial charge in [0.15, 0.2) is 0 Å². The third kappa shape index (κ3) is 2.50. The number of benzene rings is 1. The first-order chi connectivity index (χ1) is 9.15. The van der Waals surface area contributed by atoms with Crippen LogP contribution in [-0.2, 0) is 19.5 Å². The maximum atomic E-state index is 6.24. The highest BCUT2D eigenvalue weighted by atomic mass is 35.5. The van der Waals surface area contributed by atoms with E-state index >= 15 is 0 Å². The molecule has 0 amide bonds. The summed E-state index contributed by atoms with van der Waals surface area (Å²) in [5, 5.41) is 4.81. The van der Waals surface area contributed by atoms with E-state index in [1.165, 1.54) is 5.69 Å². The standard InChI is InChI=1S/C14H15Cl2N3/c1-9-18-13-7-17-5-4-14(13)19(9)8-10-6-11(15)2-3-12(10)16/h2-3,6,17H,4-5,7-8H2,1H3. The van der Waals surface area contributed by atoms with Gasteiger partial charge in [-0.3, -0.25) is 0 Å². The van der Waals surface area contributed by atoms with Gasteiger partial charge in [0.1, 0.15) is 5.82 Å². The van der Waals surface area contributed by atoms with Crippen LogP contribution in [0, 0.1) is 6.92 Å². The lowest BCUT2D eigenvalue weighted by molar-refractivity contribution is 0.600. The van der Waals surface area contributed by atoms with Crippen LogP contribution in [0.1, 0.15) is 22.8 Å². The number of hydrogen-bond donors (Lipinski definition) is 1. The van der Waals surface area contributed by atoms with Crippen molar-refractivity contribution >= 4 is 23.2 Å². The number of nitrogens with one attached hydrogen (secondary N) is 1. The molecule has 5 heteroatoms. The molecule has 0 aliphatic carbocycles. The molecular formula is C14H15Cl2N3. The number of aryl methyl sites for hydroxylation is 1. The molecule has 1 aromatic heterocycles. The Labute approximate surface area is 122 Å². The number of hydrogen-bond acceptors (Lipinski definition) is 2. The predicted molar refractivity (Wildman–Crippen MR) is 77.9 cm³/mol. The van der Waals surface area contributed by atoms with Crippen molar-refractivity contribution < 1.29 is 0 Å². The summed E-state index contributed by atoms with van der Waals surface area (Å²) in [6.45, 7) is 4.62. The summed E-state index contributed by atoms with van der Waals surface area (Å²) < 4.78 is 2.24. The van der Waals surface area contributed by atoms with E-state index in [1.54, 1.807) is 0 Å². The highest BCUT2D eigenvalue weighted by molar-refractivity contribution is 6.33. The molecule has 2 aromatic rings. The molecule has 0 fully saturated rings. The Morgan fingerprint density at radius 3 is 3.05 bits per heavy atom. The van der Waals surface area contributed by atoms with Gasteiger partial charge in [-0.15, -0.1) is 0 Å². The van der Waals surface area contributed by atoms with E-state index in [0.717, 1.165) is 48.2 Å². The van der Waals surface area contributed by atoms with Crippen molar-refractivity contribution in [1.82, 2.24) is 14.9 Å². The van der Waals surface area contributed by atoms with Gasteiger partial charge in [0.2, 0.25) is 0 Å². The lowest BCUT2D eigenvalue weighted by atomic mass is 10.1. The number of aromatic nitrogens is 2. The molecule has 1 aromatic carbocycles. The normalized spacial score (nSPS) is 14.5. The molecule has 0 atom stereocenters. The molecular weight excluding hydrogens is 281 g/mol. The second kappa shape index (κ2) is 5.16. The van der Waals surface area contributed by atoms with Gasteiger partial charge in [0.05, 0.1) is 12.2 Å². The van der Waals surface area contributed by atoms with Crippen molar-refractivity contribution in [3.8, 4) is 0 Å². The molecule has 1 N–H and O–H groups in total. The molecule has 0 spiro atoms. The number of nitrogens with zero attached hydrogens (tertiary/aromatic N) is 2. The van der Waals surface area contributed by atoms with Gasteiger partial charge in [0.25, 0.3) is 0 Å². The second-order valence-corrected chi connectivity index (χ2v) is 5.64. The number of imidazole rings is 1. The summed E-state index contributed by atoms with van der Waals surface area (Å²) >= 11 is 12.3. The Hall–Kier alpha value is -1.03. The third-order valence-electron chi connectivity index (χ3n) is 3.51. The molecule has 1 aliphatic heterocycles. The Bertz CT molecular complexity index is 619. The number of halogens is 2. The minimum absolute atomic E-state index is 0.715. The van der Waals surface area contributed by atoms with E-state index in [-0.39, 0.29) is 0 Å². The van der Waals surface area contributed by atoms with Crippen molar-refractivity contribution in [2.75, 3.05) is 6.54 Å². The van der Waals surface area contributed by atoms with Crippen LogP contribution in [0.25, 0.3) is 0 Å². The smallest absolute Gasteiger partial charge is 0.106 e. The maximum Gasteiger partial charge on any atom is 0.106 e. The first-order valence-electron chi connectivity index (χ1n) is 6.34. The van der Waals surface area contributed by atoms with Crippen LogP contribution in [0.4, 0.5) is 0 Å². The molecule has 100 valence electrons. The van der Waals surface area contributed by atoms with Crippen LogP contribution in [0.5, 0.6) is 0 Å². The SMILES string of the molecule is Cc1nc2c(n1Cc1cc(Cl)ccc1Cl)CCNC2. The summed E-state index contributed by atoms with van der Waals surface area (Å²) in [4.78, 5) is 4.62. The summed E-state index contributed by atoms with van der Waals surface area (Å²) in [6.07, 6.45) is 1.01. The zero-order valence-electron chi connectivity index (χ0n) is 10.7. The van der Waals surface area contributed by atoms with Crippen LogP contribution >= 0.6 is 23.2 Å². The first-order valence-corrected chi connectivity index (χ1v) is 7.10. The van der Waals surface area contributed by atoms with Crippen molar-refractivity contribution in [3.63, 3.8) is 0 Å². The van der Waals surface area contributed by atoms with Crippen LogP contribution in [0.3, 0.4) is 0 Å². The van der Waals surface area contributed by atoms with Crippen LogP contribution in [-0.4, -0.2) is 16.1 Å². The highest BCUT2D eigenvalue weighted by Crippen LogP contribution is 2.24. The van der Waals surface area contributed by atoms with Crippen molar-refractivity contribution in [2.45, 2.75) is 26.4 Å². The number of fused-ring (bicyclic) bond motifs is 1. The lowest BCUT2D eigenvalue weighted by Gasteiger charge is -2.16. The third-order valence-corrected chi connectivity index (χ3v) is 4.12. The van der Waals surface area contributed by atoms with Crippen LogP contribution in [0.2, 0.25) is 10.0 Å². The average molecular weight is 296 g/mol.